The van der Waals surface area contributed by atoms with Gasteiger partial charge in [-0.25, -0.2) is 4.79 Å². The normalized spacial score (nSPS) is 15.4. The van der Waals surface area contributed by atoms with Crippen molar-refractivity contribution < 1.29 is 53.7 Å². The van der Waals surface area contributed by atoms with Gasteiger partial charge in [-0.1, -0.05) is 41.5 Å². The van der Waals surface area contributed by atoms with E-state index in [-0.39, 0.29) is 31.1 Å². The molecule has 0 saturated heterocycles. The first-order valence-corrected chi connectivity index (χ1v) is 18.4. The third-order valence-electron chi connectivity index (χ3n) is 7.74. The Hall–Kier alpha value is -3.93. The van der Waals surface area contributed by atoms with Gasteiger partial charge >= 0.3 is 11.9 Å². The lowest BCUT2D eigenvalue weighted by Crippen LogP contribution is -2.58. The van der Waals surface area contributed by atoms with Crippen LogP contribution in [0, 0.1) is 17.8 Å². The predicted molar refractivity (Wildman–Crippen MR) is 190 cm³/mol. The number of aliphatic hydroxyl groups excluding tert-OH is 1. The maximum Gasteiger partial charge on any atom is 0.326 e. The van der Waals surface area contributed by atoms with Crippen LogP contribution in [0.4, 0.5) is 0 Å². The fourth-order valence-corrected chi connectivity index (χ4v) is 5.38. The van der Waals surface area contributed by atoms with Crippen LogP contribution < -0.4 is 31.9 Å². The molecule has 0 radical (unpaired) electrons. The largest absolute Gasteiger partial charge is 0.481 e. The average Bonchev–Trinajstić information content (AvgIpc) is 3.00. The van der Waals surface area contributed by atoms with Crippen LogP contribution in [0.25, 0.3) is 0 Å². The Morgan fingerprint density at radius 2 is 1.18 bits per heavy atom. The molecule has 17 nitrogen and oxygen atoms in total. The zero-order chi connectivity index (χ0) is 39.6. The van der Waals surface area contributed by atoms with Crippen molar-refractivity contribution in [3.05, 3.63) is 0 Å². The van der Waals surface area contributed by atoms with Gasteiger partial charge in [-0.15, -0.1) is 0 Å². The smallest absolute Gasteiger partial charge is 0.326 e. The molecule has 7 atom stereocenters. The van der Waals surface area contributed by atoms with Crippen LogP contribution in [0.2, 0.25) is 0 Å². The quantitative estimate of drug-likeness (QED) is 0.0619. The van der Waals surface area contributed by atoms with Gasteiger partial charge in [0.15, 0.2) is 0 Å². The van der Waals surface area contributed by atoms with Crippen LogP contribution in [-0.4, -0.2) is 117 Å². The van der Waals surface area contributed by atoms with Crippen LogP contribution >= 0.6 is 11.8 Å². The highest BCUT2D eigenvalue weighted by atomic mass is 32.2. The third-order valence-corrected chi connectivity index (χ3v) is 8.39. The number of nitrogens with one attached hydrogen (secondary N) is 6. The second-order valence-electron chi connectivity index (χ2n) is 13.6. The first kappa shape index (κ1) is 47.1. The molecule has 0 heterocycles. The molecule has 0 aromatic rings. The summed E-state index contributed by atoms with van der Waals surface area (Å²) in [6.45, 7) is 13.1. The van der Waals surface area contributed by atoms with Gasteiger partial charge < -0.3 is 47.2 Å². The molecule has 51 heavy (non-hydrogen) atoms. The van der Waals surface area contributed by atoms with E-state index < -0.39 is 108 Å². The Balaban J connectivity index is 5.71. The molecule has 9 N–H and O–H groups in total. The molecule has 292 valence electrons. The number of amides is 6. The first-order chi connectivity index (χ1) is 23.6. The molecule has 0 aromatic carbocycles. The van der Waals surface area contributed by atoms with Crippen molar-refractivity contribution >= 4 is 59.1 Å². The SMILES string of the molecule is CSCC[C@H](NC(=O)[C@@H](NC(C)=O)C(C)C)C(=O)NC(CC(C)C)C(O)CC(=O)N[C@H](C(=O)N[C@@H](C)C(=O)N[C@@H](CCC(=O)O)C(=O)O)C(C)C. The van der Waals surface area contributed by atoms with E-state index >= 15 is 0 Å². The molecule has 2 unspecified atom stereocenters. The lowest BCUT2D eigenvalue weighted by atomic mass is 9.96. The monoisotopic (exact) mass is 746 g/mol. The molecule has 0 aromatic heterocycles. The van der Waals surface area contributed by atoms with Gasteiger partial charge in [-0.05, 0) is 55.9 Å². The van der Waals surface area contributed by atoms with Gasteiger partial charge in [-0.3, -0.25) is 33.6 Å². The number of hydrogen-bond acceptors (Lipinski definition) is 10. The average molecular weight is 747 g/mol. The number of thioether (sulfide) groups is 1. The fourth-order valence-electron chi connectivity index (χ4n) is 4.91. The van der Waals surface area contributed by atoms with E-state index in [9.17, 15) is 48.6 Å². The Bertz CT molecular complexity index is 1220. The number of carbonyl (C=O) groups is 8. The van der Waals surface area contributed by atoms with Crippen molar-refractivity contribution in [2.24, 2.45) is 17.8 Å². The molecule has 0 aliphatic heterocycles. The zero-order valence-electron chi connectivity index (χ0n) is 31.0. The lowest BCUT2D eigenvalue weighted by Gasteiger charge is -2.30. The van der Waals surface area contributed by atoms with E-state index in [2.05, 4.69) is 31.9 Å². The Kier molecular flexibility index (Phi) is 21.7. The Morgan fingerprint density at radius 3 is 1.65 bits per heavy atom. The van der Waals surface area contributed by atoms with E-state index in [1.54, 1.807) is 27.7 Å². The van der Waals surface area contributed by atoms with Gasteiger partial charge in [0.25, 0.3) is 0 Å². The van der Waals surface area contributed by atoms with E-state index in [1.165, 1.54) is 25.6 Å². The number of carbonyl (C=O) groups excluding carboxylic acids is 6. The summed E-state index contributed by atoms with van der Waals surface area (Å²) in [5.74, 6) is -6.80. The molecule has 0 rings (SSSR count). The molecule has 0 spiro atoms. The van der Waals surface area contributed by atoms with Gasteiger partial charge in [0.1, 0.15) is 30.2 Å². The van der Waals surface area contributed by atoms with Crippen molar-refractivity contribution in [2.45, 2.75) is 130 Å². The summed E-state index contributed by atoms with van der Waals surface area (Å²) in [6, 6.07) is -6.68. The highest BCUT2D eigenvalue weighted by molar-refractivity contribution is 7.98. The van der Waals surface area contributed by atoms with Crippen LogP contribution in [-0.2, 0) is 38.4 Å². The first-order valence-electron chi connectivity index (χ1n) is 17.0. The summed E-state index contributed by atoms with van der Waals surface area (Å²) >= 11 is 1.46. The Labute approximate surface area is 304 Å². The highest BCUT2D eigenvalue weighted by Gasteiger charge is 2.33. The van der Waals surface area contributed by atoms with Crippen molar-refractivity contribution in [2.75, 3.05) is 12.0 Å². The van der Waals surface area contributed by atoms with Gasteiger partial charge in [0, 0.05) is 13.3 Å². The Morgan fingerprint density at radius 1 is 0.647 bits per heavy atom. The third kappa shape index (κ3) is 18.8. The van der Waals surface area contributed by atoms with E-state index in [1.807, 2.05) is 20.1 Å². The minimum atomic E-state index is -1.49. The molecular formula is C33H58N6O11S. The molecule has 0 bridgehead atoms. The standard InChI is InChI=1S/C33H58N6O11S/c1-16(2)14-23(38-30(46)21(12-13-51-9)36-32(48)27(17(3)4)35-20(8)40)24(41)15-25(42)39-28(18(5)6)31(47)34-19(7)29(45)37-22(33(49)50)10-11-26(43)44/h16-19,21-24,27-28,41H,10-15H2,1-9H3,(H,34,47)(H,35,40)(H,36,48)(H,37,45)(H,38,46)(H,39,42)(H,43,44)(H,49,50)/t19-,21-,22-,23?,24?,27-,28-/m0/s1. The second-order valence-corrected chi connectivity index (χ2v) is 14.6. The van der Waals surface area contributed by atoms with E-state index in [0.29, 0.717) is 5.75 Å². The van der Waals surface area contributed by atoms with Crippen LogP contribution in [0.1, 0.15) is 87.5 Å². The molecule has 18 heteroatoms. The topological polar surface area (TPSA) is 269 Å². The van der Waals surface area contributed by atoms with Gasteiger partial charge in [0.2, 0.25) is 35.4 Å². The van der Waals surface area contributed by atoms with Crippen LogP contribution in [0.3, 0.4) is 0 Å². The predicted octanol–water partition coefficient (Wildman–Crippen LogP) is -0.253. The summed E-state index contributed by atoms with van der Waals surface area (Å²) in [5, 5.41) is 44.5. The second kappa shape index (κ2) is 23.5. The number of carboxylic acid groups (broad SMARTS) is 2. The molecule has 0 aliphatic rings. The van der Waals surface area contributed by atoms with Crippen molar-refractivity contribution in [1.82, 2.24) is 31.9 Å². The van der Waals surface area contributed by atoms with Gasteiger partial charge in [-0.2, -0.15) is 11.8 Å². The number of rotatable bonds is 24. The molecule has 0 fully saturated rings. The highest BCUT2D eigenvalue weighted by Crippen LogP contribution is 2.14. The lowest BCUT2D eigenvalue weighted by molar-refractivity contribution is -0.143. The maximum atomic E-state index is 13.5. The number of carboxylic acids is 2. The van der Waals surface area contributed by atoms with Crippen LogP contribution in [0.5, 0.6) is 0 Å². The molecule has 6 amide bonds. The molecule has 0 saturated carbocycles. The molecule has 0 aliphatic carbocycles. The number of aliphatic carboxylic acids is 2. The zero-order valence-corrected chi connectivity index (χ0v) is 31.8. The minimum absolute atomic E-state index is 0.0241. The number of hydrogen-bond donors (Lipinski definition) is 9. The van der Waals surface area contributed by atoms with Crippen molar-refractivity contribution in [3.8, 4) is 0 Å². The maximum absolute atomic E-state index is 13.5. The van der Waals surface area contributed by atoms with E-state index in [4.69, 9.17) is 5.11 Å². The summed E-state index contributed by atoms with van der Waals surface area (Å²) in [4.78, 5) is 99.3. The fraction of sp³-hybridized carbons (Fsp3) is 0.758. The minimum Gasteiger partial charge on any atom is -0.481 e. The van der Waals surface area contributed by atoms with Crippen molar-refractivity contribution in [1.29, 1.82) is 0 Å². The van der Waals surface area contributed by atoms with Crippen molar-refractivity contribution in [3.63, 3.8) is 0 Å². The van der Waals surface area contributed by atoms with E-state index in [0.717, 1.165) is 0 Å². The summed E-state index contributed by atoms with van der Waals surface area (Å²) < 4.78 is 0. The summed E-state index contributed by atoms with van der Waals surface area (Å²) in [5.41, 5.74) is 0. The summed E-state index contributed by atoms with van der Waals surface area (Å²) in [6.07, 6.45) is -0.393. The molecular weight excluding hydrogens is 688 g/mol. The summed E-state index contributed by atoms with van der Waals surface area (Å²) in [7, 11) is 0. The van der Waals surface area contributed by atoms with Gasteiger partial charge in [0.05, 0.1) is 18.6 Å². The van der Waals surface area contributed by atoms with Crippen LogP contribution in [0.15, 0.2) is 0 Å². The number of aliphatic hydroxyl groups is 1.